The van der Waals surface area contributed by atoms with Crippen molar-refractivity contribution in [3.05, 3.63) is 42.2 Å². The van der Waals surface area contributed by atoms with Crippen LogP contribution in [-0.4, -0.2) is 22.2 Å². The molecule has 2 N–H and O–H groups in total. The number of nitrogens with zero attached hydrogens (tertiary/aromatic N) is 1. The predicted octanol–water partition coefficient (Wildman–Crippen LogP) is 3.27. The molecule has 2 aromatic rings. The van der Waals surface area contributed by atoms with Crippen molar-refractivity contribution in [3.63, 3.8) is 0 Å². The summed E-state index contributed by atoms with van der Waals surface area (Å²) < 4.78 is 0. The van der Waals surface area contributed by atoms with Gasteiger partial charge in [0.2, 0.25) is 0 Å². The molecule has 0 spiro atoms. The lowest BCUT2D eigenvalue weighted by Crippen LogP contribution is -2.50. The molecule has 0 saturated heterocycles. The Labute approximate surface area is 126 Å². The van der Waals surface area contributed by atoms with Crippen LogP contribution in [0.25, 0.3) is 10.8 Å². The third-order valence-electron chi connectivity index (χ3n) is 4.94. The zero-order valence-electron chi connectivity index (χ0n) is 12.7. The molecule has 0 unspecified atom stereocenters. The molecule has 3 rings (SSSR count). The molecule has 1 aliphatic rings. The minimum absolute atomic E-state index is 0.108. The van der Waals surface area contributed by atoms with E-state index in [4.69, 9.17) is 0 Å². The van der Waals surface area contributed by atoms with Crippen LogP contribution in [0.1, 0.15) is 38.2 Å². The smallest absolute Gasteiger partial charge is 0.0613 e. The van der Waals surface area contributed by atoms with Crippen molar-refractivity contribution in [1.29, 1.82) is 0 Å². The summed E-state index contributed by atoms with van der Waals surface area (Å²) in [6.07, 6.45) is 8.35. The standard InChI is InChI=1S/C18H24N2O/c1-14-6-8-18(13-21,9-7-14)20-12-16-11-19-10-15-4-2-3-5-17(15)16/h2-5,10-11,14,20-21H,6-9,12-13H2,1H3. The van der Waals surface area contributed by atoms with Crippen LogP contribution in [-0.2, 0) is 6.54 Å². The third kappa shape index (κ3) is 3.09. The molecule has 0 aliphatic heterocycles. The molecule has 1 fully saturated rings. The van der Waals surface area contributed by atoms with Crippen LogP contribution in [0.15, 0.2) is 36.7 Å². The Morgan fingerprint density at radius 1 is 1.24 bits per heavy atom. The Bertz CT molecular complexity index is 598. The molecule has 0 bridgehead atoms. The molecule has 1 aromatic heterocycles. The monoisotopic (exact) mass is 284 g/mol. The lowest BCUT2D eigenvalue weighted by atomic mass is 9.77. The SMILES string of the molecule is CC1CCC(CO)(NCc2cncc3ccccc23)CC1. The third-order valence-corrected chi connectivity index (χ3v) is 4.94. The number of rotatable bonds is 4. The predicted molar refractivity (Wildman–Crippen MR) is 86.0 cm³/mol. The topological polar surface area (TPSA) is 45.1 Å². The normalized spacial score (nSPS) is 26.1. The largest absolute Gasteiger partial charge is 0.394 e. The summed E-state index contributed by atoms with van der Waals surface area (Å²) in [5.41, 5.74) is 1.10. The van der Waals surface area contributed by atoms with Gasteiger partial charge >= 0.3 is 0 Å². The zero-order chi connectivity index (χ0) is 14.7. The minimum atomic E-state index is -0.108. The molecule has 1 heterocycles. The average Bonchev–Trinajstić information content (AvgIpc) is 2.55. The number of pyridine rings is 1. The van der Waals surface area contributed by atoms with Crippen molar-refractivity contribution < 1.29 is 5.11 Å². The van der Waals surface area contributed by atoms with Crippen LogP contribution in [0.5, 0.6) is 0 Å². The lowest BCUT2D eigenvalue weighted by Gasteiger charge is -2.39. The zero-order valence-corrected chi connectivity index (χ0v) is 12.7. The molecule has 21 heavy (non-hydrogen) atoms. The van der Waals surface area contributed by atoms with Gasteiger partial charge in [0, 0.05) is 29.9 Å². The minimum Gasteiger partial charge on any atom is -0.394 e. The summed E-state index contributed by atoms with van der Waals surface area (Å²) in [6, 6.07) is 8.34. The van der Waals surface area contributed by atoms with Gasteiger partial charge in [-0.25, -0.2) is 0 Å². The van der Waals surface area contributed by atoms with Crippen LogP contribution in [0, 0.1) is 5.92 Å². The average molecular weight is 284 g/mol. The number of aromatic nitrogens is 1. The molecule has 1 saturated carbocycles. The molecular weight excluding hydrogens is 260 g/mol. The number of nitrogens with one attached hydrogen (secondary N) is 1. The van der Waals surface area contributed by atoms with Gasteiger partial charge in [0.05, 0.1) is 6.61 Å². The summed E-state index contributed by atoms with van der Waals surface area (Å²) in [7, 11) is 0. The Morgan fingerprint density at radius 3 is 2.76 bits per heavy atom. The number of benzene rings is 1. The van der Waals surface area contributed by atoms with Crippen molar-refractivity contribution in [1.82, 2.24) is 10.3 Å². The van der Waals surface area contributed by atoms with Crippen molar-refractivity contribution >= 4 is 10.8 Å². The van der Waals surface area contributed by atoms with E-state index in [0.717, 1.165) is 25.3 Å². The van der Waals surface area contributed by atoms with E-state index in [1.807, 2.05) is 18.5 Å². The fraction of sp³-hybridized carbons (Fsp3) is 0.500. The van der Waals surface area contributed by atoms with Gasteiger partial charge in [0.25, 0.3) is 0 Å². The second-order valence-electron chi connectivity index (χ2n) is 6.49. The van der Waals surface area contributed by atoms with Gasteiger partial charge in [-0.3, -0.25) is 4.98 Å². The molecular formula is C18H24N2O. The quantitative estimate of drug-likeness (QED) is 0.905. The van der Waals surface area contributed by atoms with E-state index in [2.05, 4.69) is 35.4 Å². The number of aliphatic hydroxyl groups is 1. The van der Waals surface area contributed by atoms with E-state index >= 15 is 0 Å². The van der Waals surface area contributed by atoms with Crippen LogP contribution in [0.2, 0.25) is 0 Å². The second-order valence-corrected chi connectivity index (χ2v) is 6.49. The van der Waals surface area contributed by atoms with Gasteiger partial charge in [-0.05, 0) is 42.6 Å². The first-order valence-corrected chi connectivity index (χ1v) is 7.90. The Hall–Kier alpha value is -1.45. The van der Waals surface area contributed by atoms with E-state index in [1.165, 1.54) is 29.2 Å². The first kappa shape index (κ1) is 14.5. The summed E-state index contributed by atoms with van der Waals surface area (Å²) in [5.74, 6) is 0.783. The second kappa shape index (κ2) is 6.12. The van der Waals surface area contributed by atoms with E-state index in [1.54, 1.807) is 0 Å². The lowest BCUT2D eigenvalue weighted by molar-refractivity contribution is 0.104. The first-order chi connectivity index (χ1) is 10.2. The van der Waals surface area contributed by atoms with Crippen LogP contribution >= 0.6 is 0 Å². The summed E-state index contributed by atoms with van der Waals surface area (Å²) in [6.45, 7) is 3.29. The number of hydrogen-bond acceptors (Lipinski definition) is 3. The molecule has 0 amide bonds. The Balaban J connectivity index is 1.76. The highest BCUT2D eigenvalue weighted by Gasteiger charge is 2.33. The maximum absolute atomic E-state index is 9.84. The van der Waals surface area contributed by atoms with E-state index < -0.39 is 0 Å². The molecule has 0 radical (unpaired) electrons. The summed E-state index contributed by atoms with van der Waals surface area (Å²) in [4.78, 5) is 4.33. The van der Waals surface area contributed by atoms with Crippen molar-refractivity contribution in [2.24, 2.45) is 5.92 Å². The van der Waals surface area contributed by atoms with Gasteiger partial charge in [-0.15, -0.1) is 0 Å². The molecule has 3 nitrogen and oxygen atoms in total. The summed E-state index contributed by atoms with van der Waals surface area (Å²) >= 11 is 0. The number of fused-ring (bicyclic) bond motifs is 1. The number of aliphatic hydroxyl groups excluding tert-OH is 1. The van der Waals surface area contributed by atoms with Crippen LogP contribution < -0.4 is 5.32 Å². The molecule has 1 aliphatic carbocycles. The fourth-order valence-corrected chi connectivity index (χ4v) is 3.31. The van der Waals surface area contributed by atoms with Gasteiger partial charge in [-0.2, -0.15) is 0 Å². The van der Waals surface area contributed by atoms with Gasteiger partial charge in [0.1, 0.15) is 0 Å². The fourth-order valence-electron chi connectivity index (χ4n) is 3.31. The van der Waals surface area contributed by atoms with Gasteiger partial charge in [0.15, 0.2) is 0 Å². The molecule has 0 atom stereocenters. The van der Waals surface area contributed by atoms with E-state index in [0.29, 0.717) is 0 Å². The van der Waals surface area contributed by atoms with Crippen molar-refractivity contribution in [2.45, 2.75) is 44.7 Å². The van der Waals surface area contributed by atoms with Crippen LogP contribution in [0.4, 0.5) is 0 Å². The molecule has 1 aromatic carbocycles. The molecule has 3 heteroatoms. The molecule has 112 valence electrons. The maximum atomic E-state index is 9.84. The van der Waals surface area contributed by atoms with E-state index in [-0.39, 0.29) is 12.1 Å². The Morgan fingerprint density at radius 2 is 2.00 bits per heavy atom. The summed E-state index contributed by atoms with van der Waals surface area (Å²) in [5, 5.41) is 15.9. The van der Waals surface area contributed by atoms with Gasteiger partial charge < -0.3 is 10.4 Å². The van der Waals surface area contributed by atoms with Crippen molar-refractivity contribution in [3.8, 4) is 0 Å². The number of hydrogen-bond donors (Lipinski definition) is 2. The van der Waals surface area contributed by atoms with Crippen LogP contribution in [0.3, 0.4) is 0 Å². The van der Waals surface area contributed by atoms with Crippen molar-refractivity contribution in [2.75, 3.05) is 6.61 Å². The highest BCUT2D eigenvalue weighted by atomic mass is 16.3. The first-order valence-electron chi connectivity index (χ1n) is 7.90. The highest BCUT2D eigenvalue weighted by Crippen LogP contribution is 2.32. The van der Waals surface area contributed by atoms with E-state index in [9.17, 15) is 5.11 Å². The maximum Gasteiger partial charge on any atom is 0.0613 e. The Kier molecular flexibility index (Phi) is 4.22. The van der Waals surface area contributed by atoms with Gasteiger partial charge in [-0.1, -0.05) is 31.2 Å². The highest BCUT2D eigenvalue weighted by molar-refractivity contribution is 5.84.